The van der Waals surface area contributed by atoms with Crippen LogP contribution in [0.3, 0.4) is 0 Å². The summed E-state index contributed by atoms with van der Waals surface area (Å²) in [5.74, 6) is 0.608. The maximum absolute atomic E-state index is 10.5. The van der Waals surface area contributed by atoms with E-state index in [1.54, 1.807) is 17.4 Å². The van der Waals surface area contributed by atoms with Crippen LogP contribution < -0.4 is 10.6 Å². The van der Waals surface area contributed by atoms with Crippen LogP contribution in [0.2, 0.25) is 0 Å². The Morgan fingerprint density at radius 2 is 1.95 bits per heavy atom. The van der Waals surface area contributed by atoms with E-state index in [1.165, 1.54) is 12.3 Å². The molecule has 3 rings (SSSR count). The summed E-state index contributed by atoms with van der Waals surface area (Å²) in [5.41, 5.74) is 0.971. The van der Waals surface area contributed by atoms with E-state index >= 15 is 0 Å². The molecule has 0 saturated carbocycles. The number of rotatable bonds is 6. The first kappa shape index (κ1) is 14.2. The number of nitro groups is 1. The first-order valence-electron chi connectivity index (χ1n) is 6.66. The zero-order valence-corrected chi connectivity index (χ0v) is 12.3. The number of thiazole rings is 1. The summed E-state index contributed by atoms with van der Waals surface area (Å²) in [4.78, 5) is 18.5. The van der Waals surface area contributed by atoms with Gasteiger partial charge in [-0.3, -0.25) is 10.1 Å². The van der Waals surface area contributed by atoms with Gasteiger partial charge >= 0.3 is 0 Å². The largest absolute Gasteiger partial charge is 0.368 e. The number of benzene rings is 1. The van der Waals surface area contributed by atoms with Crippen molar-refractivity contribution in [2.24, 2.45) is 0 Å². The van der Waals surface area contributed by atoms with E-state index in [9.17, 15) is 10.1 Å². The molecule has 0 bridgehead atoms. The molecule has 0 radical (unpaired) electrons. The molecular weight excluding hydrogens is 302 g/mol. The molecule has 22 heavy (non-hydrogen) atoms. The minimum atomic E-state index is -0.467. The highest BCUT2D eigenvalue weighted by Gasteiger charge is 2.05. The minimum Gasteiger partial charge on any atom is -0.368 e. The number of pyridine rings is 1. The highest BCUT2D eigenvalue weighted by Crippen LogP contribution is 2.24. The predicted octanol–water partition coefficient (Wildman–Crippen LogP) is 3.12. The van der Waals surface area contributed by atoms with E-state index in [4.69, 9.17) is 0 Å². The first-order valence-corrected chi connectivity index (χ1v) is 7.48. The van der Waals surface area contributed by atoms with Gasteiger partial charge in [0.15, 0.2) is 5.13 Å². The summed E-state index contributed by atoms with van der Waals surface area (Å²) in [5, 5.41) is 17.7. The zero-order chi connectivity index (χ0) is 15.4. The Kier molecular flexibility index (Phi) is 4.10. The van der Waals surface area contributed by atoms with Crippen molar-refractivity contribution in [3.05, 3.63) is 52.7 Å². The van der Waals surface area contributed by atoms with Crippen molar-refractivity contribution in [2.75, 3.05) is 23.7 Å². The Morgan fingerprint density at radius 1 is 1.14 bits per heavy atom. The van der Waals surface area contributed by atoms with Gasteiger partial charge in [0.1, 0.15) is 12.0 Å². The Labute approximate surface area is 130 Å². The van der Waals surface area contributed by atoms with Crippen LogP contribution in [-0.2, 0) is 0 Å². The van der Waals surface area contributed by atoms with Crippen LogP contribution >= 0.6 is 11.3 Å². The molecule has 2 heterocycles. The Balaban J connectivity index is 1.49. The Morgan fingerprint density at radius 3 is 2.68 bits per heavy atom. The van der Waals surface area contributed by atoms with E-state index in [1.807, 2.05) is 24.3 Å². The van der Waals surface area contributed by atoms with E-state index in [0.29, 0.717) is 18.9 Å². The number of para-hydroxylation sites is 1. The van der Waals surface area contributed by atoms with Gasteiger partial charge in [-0.25, -0.2) is 9.97 Å². The van der Waals surface area contributed by atoms with Gasteiger partial charge in [0.2, 0.25) is 0 Å². The second kappa shape index (κ2) is 6.35. The second-order valence-electron chi connectivity index (χ2n) is 4.50. The first-order chi connectivity index (χ1) is 10.7. The SMILES string of the molecule is O=[N+]([O-])c1ccc(NCCNc2nc3ccccc3s2)nc1. The second-order valence-corrected chi connectivity index (χ2v) is 5.53. The molecule has 0 spiro atoms. The van der Waals surface area contributed by atoms with E-state index < -0.39 is 4.92 Å². The third kappa shape index (κ3) is 3.29. The molecule has 112 valence electrons. The molecule has 0 aliphatic heterocycles. The number of nitrogens with zero attached hydrogens (tertiary/aromatic N) is 3. The lowest BCUT2D eigenvalue weighted by Crippen LogP contribution is -2.14. The standard InChI is InChI=1S/C14H13N5O2S/c20-19(21)10-5-6-13(17-9-10)15-7-8-16-14-18-11-3-1-2-4-12(11)22-14/h1-6,9H,7-8H2,(H,15,17)(H,16,18). The van der Waals surface area contributed by atoms with Crippen LogP contribution in [0.15, 0.2) is 42.6 Å². The maximum Gasteiger partial charge on any atom is 0.287 e. The molecule has 0 saturated heterocycles. The molecule has 3 aromatic rings. The lowest BCUT2D eigenvalue weighted by molar-refractivity contribution is -0.385. The minimum absolute atomic E-state index is 0.0156. The number of anilines is 2. The zero-order valence-electron chi connectivity index (χ0n) is 11.5. The summed E-state index contributed by atoms with van der Waals surface area (Å²) in [6.07, 6.45) is 1.24. The molecule has 0 atom stereocenters. The monoisotopic (exact) mass is 315 g/mol. The fourth-order valence-corrected chi connectivity index (χ4v) is 2.80. The molecule has 0 fully saturated rings. The molecule has 8 heteroatoms. The lowest BCUT2D eigenvalue weighted by Gasteiger charge is -2.05. The molecule has 0 aliphatic rings. The van der Waals surface area contributed by atoms with E-state index in [0.717, 1.165) is 15.3 Å². The number of aromatic nitrogens is 2. The van der Waals surface area contributed by atoms with Crippen molar-refractivity contribution in [2.45, 2.75) is 0 Å². The Bertz CT molecular complexity index is 754. The fraction of sp³-hybridized carbons (Fsp3) is 0.143. The molecular formula is C14H13N5O2S. The average Bonchev–Trinajstić information content (AvgIpc) is 2.95. The lowest BCUT2D eigenvalue weighted by atomic mass is 10.3. The third-order valence-electron chi connectivity index (χ3n) is 2.96. The van der Waals surface area contributed by atoms with Gasteiger partial charge in [-0.1, -0.05) is 23.5 Å². The van der Waals surface area contributed by atoms with Gasteiger partial charge in [-0.05, 0) is 18.2 Å². The van der Waals surface area contributed by atoms with Gasteiger partial charge in [-0.15, -0.1) is 0 Å². The van der Waals surface area contributed by atoms with Crippen molar-refractivity contribution in [3.63, 3.8) is 0 Å². The topological polar surface area (TPSA) is 93.0 Å². The van der Waals surface area contributed by atoms with Crippen LogP contribution in [-0.4, -0.2) is 28.0 Å². The molecule has 0 amide bonds. The highest BCUT2D eigenvalue weighted by molar-refractivity contribution is 7.22. The van der Waals surface area contributed by atoms with Crippen molar-refractivity contribution >= 4 is 38.2 Å². The van der Waals surface area contributed by atoms with Crippen molar-refractivity contribution in [1.82, 2.24) is 9.97 Å². The fourth-order valence-electron chi connectivity index (χ4n) is 1.91. The Hall–Kier alpha value is -2.74. The summed E-state index contributed by atoms with van der Waals surface area (Å²) < 4.78 is 1.15. The van der Waals surface area contributed by atoms with Crippen molar-refractivity contribution in [3.8, 4) is 0 Å². The number of hydrogen-bond acceptors (Lipinski definition) is 7. The molecule has 2 aromatic heterocycles. The molecule has 0 unspecified atom stereocenters. The molecule has 7 nitrogen and oxygen atoms in total. The van der Waals surface area contributed by atoms with Gasteiger partial charge in [0.05, 0.1) is 15.1 Å². The highest BCUT2D eigenvalue weighted by atomic mass is 32.1. The quantitative estimate of drug-likeness (QED) is 0.412. The summed E-state index contributed by atoms with van der Waals surface area (Å²) in [6.45, 7) is 1.32. The smallest absolute Gasteiger partial charge is 0.287 e. The molecule has 1 aromatic carbocycles. The predicted molar refractivity (Wildman–Crippen MR) is 87.5 cm³/mol. The van der Waals surface area contributed by atoms with Crippen LogP contribution in [0.5, 0.6) is 0 Å². The average molecular weight is 315 g/mol. The molecule has 0 aliphatic carbocycles. The van der Waals surface area contributed by atoms with Crippen LogP contribution in [0.4, 0.5) is 16.6 Å². The normalized spacial score (nSPS) is 10.5. The van der Waals surface area contributed by atoms with Crippen LogP contribution in [0.25, 0.3) is 10.2 Å². The maximum atomic E-state index is 10.5. The van der Waals surface area contributed by atoms with E-state index in [-0.39, 0.29) is 5.69 Å². The van der Waals surface area contributed by atoms with Crippen molar-refractivity contribution in [1.29, 1.82) is 0 Å². The summed E-state index contributed by atoms with van der Waals surface area (Å²) >= 11 is 1.61. The van der Waals surface area contributed by atoms with Gasteiger partial charge in [0.25, 0.3) is 5.69 Å². The summed E-state index contributed by atoms with van der Waals surface area (Å²) in [7, 11) is 0. The third-order valence-corrected chi connectivity index (χ3v) is 3.95. The van der Waals surface area contributed by atoms with Gasteiger partial charge in [-0.2, -0.15) is 0 Å². The number of fused-ring (bicyclic) bond motifs is 1. The van der Waals surface area contributed by atoms with Gasteiger partial charge < -0.3 is 10.6 Å². The van der Waals surface area contributed by atoms with Gasteiger partial charge in [0, 0.05) is 19.2 Å². The number of hydrogen-bond donors (Lipinski definition) is 2. The van der Waals surface area contributed by atoms with Crippen LogP contribution in [0.1, 0.15) is 0 Å². The summed E-state index contributed by atoms with van der Waals surface area (Å²) in [6, 6.07) is 11.0. The number of nitrogens with one attached hydrogen (secondary N) is 2. The van der Waals surface area contributed by atoms with Crippen LogP contribution in [0, 0.1) is 10.1 Å². The van der Waals surface area contributed by atoms with Crippen molar-refractivity contribution < 1.29 is 4.92 Å². The van der Waals surface area contributed by atoms with E-state index in [2.05, 4.69) is 20.6 Å². The molecule has 2 N–H and O–H groups in total.